The van der Waals surface area contributed by atoms with Crippen molar-refractivity contribution in [2.75, 3.05) is 18.4 Å². The van der Waals surface area contributed by atoms with Crippen molar-refractivity contribution in [3.63, 3.8) is 0 Å². The number of hydrogen-bond donors (Lipinski definition) is 2. The van der Waals surface area contributed by atoms with Gasteiger partial charge in [0.25, 0.3) is 0 Å². The van der Waals surface area contributed by atoms with Gasteiger partial charge in [-0.2, -0.15) is 0 Å². The van der Waals surface area contributed by atoms with Crippen LogP contribution in [0.2, 0.25) is 0 Å². The lowest BCUT2D eigenvalue weighted by Crippen LogP contribution is -2.27. The SMILES string of the molecule is CC(C)C(CN)CNc1ccc(=O)n(C)c1. The summed E-state index contributed by atoms with van der Waals surface area (Å²) in [5.41, 5.74) is 6.66. The fourth-order valence-corrected chi connectivity index (χ4v) is 1.54. The Labute approximate surface area is 96.5 Å². The molecule has 3 N–H and O–H groups in total. The Balaban J connectivity index is 2.60. The Bertz CT molecular complexity index is 384. The van der Waals surface area contributed by atoms with Crippen LogP contribution in [0.5, 0.6) is 0 Å². The highest BCUT2D eigenvalue weighted by atomic mass is 16.1. The standard InChI is InChI=1S/C12H21N3O/c1-9(2)10(6-13)7-14-11-4-5-12(16)15(3)8-11/h4-5,8-10,14H,6-7,13H2,1-3H3. The van der Waals surface area contributed by atoms with Crippen LogP contribution in [-0.2, 0) is 7.05 Å². The summed E-state index contributed by atoms with van der Waals surface area (Å²) in [5.74, 6) is 1.02. The van der Waals surface area contributed by atoms with E-state index in [1.807, 2.05) is 0 Å². The molecule has 90 valence electrons. The topological polar surface area (TPSA) is 60.0 Å². The lowest BCUT2D eigenvalue weighted by atomic mass is 9.96. The van der Waals surface area contributed by atoms with Gasteiger partial charge in [0.2, 0.25) is 5.56 Å². The molecule has 0 spiro atoms. The number of aryl methyl sites for hydroxylation is 1. The van der Waals surface area contributed by atoms with E-state index in [4.69, 9.17) is 5.73 Å². The van der Waals surface area contributed by atoms with Gasteiger partial charge in [-0.3, -0.25) is 4.79 Å². The minimum atomic E-state index is 0.00443. The summed E-state index contributed by atoms with van der Waals surface area (Å²) in [6.45, 7) is 5.85. The molecule has 16 heavy (non-hydrogen) atoms. The Morgan fingerprint density at radius 1 is 1.44 bits per heavy atom. The number of nitrogens with zero attached hydrogens (tertiary/aromatic N) is 1. The molecular formula is C12H21N3O. The molecule has 1 unspecified atom stereocenters. The molecule has 0 radical (unpaired) electrons. The van der Waals surface area contributed by atoms with E-state index in [0.717, 1.165) is 12.2 Å². The molecule has 0 aliphatic heterocycles. The van der Waals surface area contributed by atoms with Gasteiger partial charge < -0.3 is 15.6 Å². The van der Waals surface area contributed by atoms with E-state index in [9.17, 15) is 4.79 Å². The number of pyridine rings is 1. The fourth-order valence-electron chi connectivity index (χ4n) is 1.54. The molecular weight excluding hydrogens is 202 g/mol. The van der Waals surface area contributed by atoms with E-state index < -0.39 is 0 Å². The lowest BCUT2D eigenvalue weighted by Gasteiger charge is -2.20. The van der Waals surface area contributed by atoms with E-state index in [2.05, 4.69) is 19.2 Å². The van der Waals surface area contributed by atoms with Gasteiger partial charge in [-0.1, -0.05) is 13.8 Å². The largest absolute Gasteiger partial charge is 0.384 e. The third-order valence-corrected chi connectivity index (χ3v) is 2.90. The van der Waals surface area contributed by atoms with Gasteiger partial charge in [-0.15, -0.1) is 0 Å². The van der Waals surface area contributed by atoms with Gasteiger partial charge in [0.1, 0.15) is 0 Å². The van der Waals surface area contributed by atoms with Gasteiger partial charge in [0, 0.05) is 25.9 Å². The van der Waals surface area contributed by atoms with Crippen molar-refractivity contribution in [1.29, 1.82) is 0 Å². The lowest BCUT2D eigenvalue weighted by molar-refractivity contribution is 0.413. The molecule has 0 saturated carbocycles. The van der Waals surface area contributed by atoms with Crippen molar-refractivity contribution < 1.29 is 0 Å². The number of rotatable bonds is 5. The van der Waals surface area contributed by atoms with E-state index in [-0.39, 0.29) is 5.56 Å². The van der Waals surface area contributed by atoms with E-state index in [0.29, 0.717) is 18.4 Å². The number of nitrogens with one attached hydrogen (secondary N) is 1. The molecule has 1 atom stereocenters. The minimum absolute atomic E-state index is 0.00443. The molecule has 0 aliphatic rings. The molecule has 4 nitrogen and oxygen atoms in total. The highest BCUT2D eigenvalue weighted by Crippen LogP contribution is 2.11. The predicted octanol–water partition coefficient (Wildman–Crippen LogP) is 1.03. The van der Waals surface area contributed by atoms with Crippen molar-refractivity contribution in [1.82, 2.24) is 4.57 Å². The van der Waals surface area contributed by atoms with Crippen LogP contribution < -0.4 is 16.6 Å². The number of nitrogens with two attached hydrogens (primary N) is 1. The van der Waals surface area contributed by atoms with Crippen LogP contribution in [-0.4, -0.2) is 17.7 Å². The first kappa shape index (κ1) is 12.8. The number of anilines is 1. The Morgan fingerprint density at radius 3 is 2.62 bits per heavy atom. The summed E-state index contributed by atoms with van der Waals surface area (Å²) in [6.07, 6.45) is 1.80. The summed E-state index contributed by atoms with van der Waals surface area (Å²) in [6, 6.07) is 3.37. The fraction of sp³-hybridized carbons (Fsp3) is 0.583. The van der Waals surface area contributed by atoms with Gasteiger partial charge in [0.15, 0.2) is 0 Å². The minimum Gasteiger partial charge on any atom is -0.384 e. The maximum atomic E-state index is 11.2. The van der Waals surface area contributed by atoms with Crippen molar-refractivity contribution in [2.24, 2.45) is 24.6 Å². The van der Waals surface area contributed by atoms with Crippen molar-refractivity contribution >= 4 is 5.69 Å². The highest BCUT2D eigenvalue weighted by Gasteiger charge is 2.10. The average molecular weight is 223 g/mol. The van der Waals surface area contributed by atoms with Crippen molar-refractivity contribution in [2.45, 2.75) is 13.8 Å². The number of hydrogen-bond acceptors (Lipinski definition) is 3. The second-order valence-corrected chi connectivity index (χ2v) is 4.49. The first-order valence-electron chi connectivity index (χ1n) is 5.65. The predicted molar refractivity (Wildman–Crippen MR) is 67.6 cm³/mol. The second-order valence-electron chi connectivity index (χ2n) is 4.49. The summed E-state index contributed by atoms with van der Waals surface area (Å²) in [4.78, 5) is 11.2. The van der Waals surface area contributed by atoms with Crippen molar-refractivity contribution in [3.8, 4) is 0 Å². The molecule has 4 heteroatoms. The van der Waals surface area contributed by atoms with Crippen LogP contribution in [0.1, 0.15) is 13.8 Å². The van der Waals surface area contributed by atoms with Crippen LogP contribution in [0, 0.1) is 11.8 Å². The zero-order valence-corrected chi connectivity index (χ0v) is 10.2. The van der Waals surface area contributed by atoms with Gasteiger partial charge in [-0.25, -0.2) is 0 Å². The van der Waals surface area contributed by atoms with E-state index in [1.54, 1.807) is 29.9 Å². The molecule has 0 aliphatic carbocycles. The Kier molecular flexibility index (Phi) is 4.55. The quantitative estimate of drug-likeness (QED) is 0.783. The maximum Gasteiger partial charge on any atom is 0.250 e. The normalized spacial score (nSPS) is 12.8. The van der Waals surface area contributed by atoms with E-state index in [1.165, 1.54) is 0 Å². The highest BCUT2D eigenvalue weighted by molar-refractivity contribution is 5.40. The Morgan fingerprint density at radius 2 is 2.12 bits per heavy atom. The molecule has 1 heterocycles. The third kappa shape index (κ3) is 3.38. The van der Waals surface area contributed by atoms with Gasteiger partial charge >= 0.3 is 0 Å². The summed E-state index contributed by atoms with van der Waals surface area (Å²) >= 11 is 0. The van der Waals surface area contributed by atoms with Crippen LogP contribution in [0.15, 0.2) is 23.1 Å². The zero-order valence-electron chi connectivity index (χ0n) is 10.2. The first-order chi connectivity index (χ1) is 7.54. The molecule has 0 amide bonds. The van der Waals surface area contributed by atoms with E-state index >= 15 is 0 Å². The summed E-state index contributed by atoms with van der Waals surface area (Å²) < 4.78 is 1.56. The van der Waals surface area contributed by atoms with Crippen LogP contribution in [0.25, 0.3) is 0 Å². The Hall–Kier alpha value is -1.29. The second kappa shape index (κ2) is 5.70. The average Bonchev–Trinajstić information content (AvgIpc) is 2.23. The molecule has 0 aromatic carbocycles. The molecule has 0 saturated heterocycles. The number of aromatic nitrogens is 1. The summed E-state index contributed by atoms with van der Waals surface area (Å²) in [7, 11) is 1.75. The van der Waals surface area contributed by atoms with Crippen LogP contribution in [0.3, 0.4) is 0 Å². The molecule has 0 fully saturated rings. The smallest absolute Gasteiger partial charge is 0.250 e. The monoisotopic (exact) mass is 223 g/mol. The van der Waals surface area contributed by atoms with Gasteiger partial charge in [-0.05, 0) is 24.4 Å². The summed E-state index contributed by atoms with van der Waals surface area (Å²) in [5, 5.41) is 3.31. The van der Waals surface area contributed by atoms with Gasteiger partial charge in [0.05, 0.1) is 5.69 Å². The van der Waals surface area contributed by atoms with Crippen LogP contribution >= 0.6 is 0 Å². The third-order valence-electron chi connectivity index (χ3n) is 2.90. The molecule has 1 rings (SSSR count). The van der Waals surface area contributed by atoms with Crippen molar-refractivity contribution in [3.05, 3.63) is 28.7 Å². The first-order valence-corrected chi connectivity index (χ1v) is 5.65. The maximum absolute atomic E-state index is 11.2. The molecule has 1 aromatic rings. The molecule has 1 aromatic heterocycles. The molecule has 0 bridgehead atoms. The zero-order chi connectivity index (χ0) is 12.1. The van der Waals surface area contributed by atoms with Crippen LogP contribution in [0.4, 0.5) is 5.69 Å².